The Morgan fingerprint density at radius 2 is 1.88 bits per heavy atom. The summed E-state index contributed by atoms with van der Waals surface area (Å²) in [5.74, 6) is 1.95. The molecular weight excluding hydrogens is 330 g/mol. The normalized spacial score (nSPS) is 12.3. The zero-order valence-electron chi connectivity index (χ0n) is 15.4. The second-order valence-electron chi connectivity index (χ2n) is 6.58. The number of rotatable bonds is 6. The first-order valence-electron chi connectivity index (χ1n) is 8.49. The minimum atomic E-state index is -0.276. The van der Waals surface area contributed by atoms with E-state index in [1.54, 1.807) is 6.07 Å². The molecule has 0 aliphatic carbocycles. The lowest BCUT2D eigenvalue weighted by molar-refractivity contribution is 0.0930. The lowest BCUT2D eigenvalue weighted by Crippen LogP contribution is -2.34. The van der Waals surface area contributed by atoms with E-state index in [4.69, 9.17) is 8.94 Å². The molecule has 2 aromatic heterocycles. The molecule has 0 bridgehead atoms. The molecule has 1 amide bonds. The lowest BCUT2D eigenvalue weighted by Gasteiger charge is -2.22. The van der Waals surface area contributed by atoms with Gasteiger partial charge in [-0.2, -0.15) is 0 Å². The summed E-state index contributed by atoms with van der Waals surface area (Å²) in [6.45, 7) is 4.33. The molecule has 0 saturated carbocycles. The highest BCUT2D eigenvalue weighted by Crippen LogP contribution is 2.22. The third-order valence-corrected chi connectivity index (χ3v) is 4.25. The number of benzene rings is 1. The van der Waals surface area contributed by atoms with Gasteiger partial charge in [0.15, 0.2) is 11.5 Å². The van der Waals surface area contributed by atoms with Gasteiger partial charge < -0.3 is 14.3 Å². The lowest BCUT2D eigenvalue weighted by atomic mass is 10.1. The van der Waals surface area contributed by atoms with Crippen LogP contribution in [0, 0.1) is 13.8 Å². The van der Waals surface area contributed by atoms with Crippen LogP contribution in [-0.2, 0) is 0 Å². The van der Waals surface area contributed by atoms with E-state index in [1.807, 2.05) is 69.2 Å². The van der Waals surface area contributed by atoms with Gasteiger partial charge in [-0.05, 0) is 40.1 Å². The van der Waals surface area contributed by atoms with Crippen molar-refractivity contribution in [1.82, 2.24) is 15.4 Å². The van der Waals surface area contributed by atoms with E-state index >= 15 is 0 Å². The molecule has 0 aliphatic rings. The van der Waals surface area contributed by atoms with Crippen LogP contribution in [0.3, 0.4) is 0 Å². The maximum atomic E-state index is 12.4. The fraction of sp³-hybridized carbons (Fsp3) is 0.300. The molecule has 0 fully saturated rings. The number of aromatic nitrogens is 1. The molecule has 3 rings (SSSR count). The van der Waals surface area contributed by atoms with Gasteiger partial charge in [-0.25, -0.2) is 0 Å². The van der Waals surface area contributed by atoms with Crippen LogP contribution in [-0.4, -0.2) is 36.6 Å². The van der Waals surface area contributed by atoms with Crippen LogP contribution in [0.1, 0.15) is 33.6 Å². The van der Waals surface area contributed by atoms with Crippen molar-refractivity contribution in [2.45, 2.75) is 19.9 Å². The van der Waals surface area contributed by atoms with Gasteiger partial charge in [0.2, 0.25) is 0 Å². The molecule has 2 heterocycles. The molecule has 26 heavy (non-hydrogen) atoms. The van der Waals surface area contributed by atoms with Crippen LogP contribution in [0.25, 0.3) is 11.3 Å². The Morgan fingerprint density at radius 1 is 1.15 bits per heavy atom. The molecule has 136 valence electrons. The van der Waals surface area contributed by atoms with Crippen molar-refractivity contribution in [3.05, 3.63) is 65.2 Å². The molecule has 0 saturated heterocycles. The number of aryl methyl sites for hydroxylation is 2. The fourth-order valence-corrected chi connectivity index (χ4v) is 2.69. The predicted molar refractivity (Wildman–Crippen MR) is 98.9 cm³/mol. The first-order chi connectivity index (χ1) is 12.4. The number of carbonyl (C=O) groups is 1. The Bertz CT molecular complexity index is 878. The largest absolute Gasteiger partial charge is 0.465 e. The number of nitrogens with zero attached hydrogens (tertiary/aromatic N) is 2. The monoisotopic (exact) mass is 353 g/mol. The maximum absolute atomic E-state index is 12.4. The summed E-state index contributed by atoms with van der Waals surface area (Å²) in [4.78, 5) is 14.4. The SMILES string of the molecule is Cc1ccc(-c2cc(C(=O)NC[C@H](c3ccc(C)o3)N(C)C)no2)cc1. The molecule has 1 atom stereocenters. The number of likely N-dealkylation sites (N-methyl/N-ethyl adjacent to an activating group) is 1. The molecule has 6 heteroatoms. The van der Waals surface area contributed by atoms with E-state index in [2.05, 4.69) is 10.5 Å². The number of amides is 1. The van der Waals surface area contributed by atoms with Gasteiger partial charge in [-0.3, -0.25) is 9.69 Å². The first-order valence-corrected chi connectivity index (χ1v) is 8.49. The third-order valence-electron chi connectivity index (χ3n) is 4.25. The Hall–Kier alpha value is -2.86. The van der Waals surface area contributed by atoms with Crippen molar-refractivity contribution in [1.29, 1.82) is 0 Å². The Morgan fingerprint density at radius 3 is 2.50 bits per heavy atom. The van der Waals surface area contributed by atoms with Crippen molar-refractivity contribution in [3.8, 4) is 11.3 Å². The molecule has 1 aromatic carbocycles. The second kappa shape index (κ2) is 7.58. The van der Waals surface area contributed by atoms with Gasteiger partial charge in [-0.15, -0.1) is 0 Å². The van der Waals surface area contributed by atoms with Gasteiger partial charge >= 0.3 is 0 Å². The van der Waals surface area contributed by atoms with Crippen molar-refractivity contribution in [2.75, 3.05) is 20.6 Å². The summed E-state index contributed by atoms with van der Waals surface area (Å²) in [7, 11) is 3.89. The summed E-state index contributed by atoms with van der Waals surface area (Å²) >= 11 is 0. The number of nitrogens with one attached hydrogen (secondary N) is 1. The van der Waals surface area contributed by atoms with Gasteiger partial charge in [0.1, 0.15) is 11.5 Å². The molecule has 0 radical (unpaired) electrons. The number of hydrogen-bond donors (Lipinski definition) is 1. The highest BCUT2D eigenvalue weighted by atomic mass is 16.5. The highest BCUT2D eigenvalue weighted by molar-refractivity contribution is 5.93. The predicted octanol–water partition coefficient (Wildman–Crippen LogP) is 3.58. The molecule has 0 spiro atoms. The van der Waals surface area contributed by atoms with E-state index in [0.29, 0.717) is 12.3 Å². The van der Waals surface area contributed by atoms with Crippen molar-refractivity contribution < 1.29 is 13.7 Å². The van der Waals surface area contributed by atoms with E-state index < -0.39 is 0 Å². The first kappa shape index (κ1) is 17.9. The topological polar surface area (TPSA) is 71.5 Å². The van der Waals surface area contributed by atoms with Crippen LogP contribution >= 0.6 is 0 Å². The van der Waals surface area contributed by atoms with Crippen molar-refractivity contribution in [3.63, 3.8) is 0 Å². The molecule has 6 nitrogen and oxygen atoms in total. The summed E-state index contributed by atoms with van der Waals surface area (Å²) in [6, 6.07) is 13.3. The number of furan rings is 1. The zero-order valence-corrected chi connectivity index (χ0v) is 15.4. The molecule has 0 unspecified atom stereocenters. The maximum Gasteiger partial charge on any atom is 0.273 e. The molecule has 3 aromatic rings. The van der Waals surface area contributed by atoms with Crippen LogP contribution in [0.5, 0.6) is 0 Å². The standard InChI is InChI=1S/C20H23N3O3/c1-13-5-8-15(9-6-13)19-11-16(22-26-19)20(24)21-12-17(23(3)4)18-10-7-14(2)25-18/h5-11,17H,12H2,1-4H3,(H,21,24)/t17-/m1/s1. The average Bonchev–Trinajstić information content (AvgIpc) is 3.25. The van der Waals surface area contributed by atoms with Crippen LogP contribution in [0.4, 0.5) is 0 Å². The Labute approximate surface area is 152 Å². The smallest absolute Gasteiger partial charge is 0.273 e. The minimum absolute atomic E-state index is 0.0591. The Kier molecular flexibility index (Phi) is 5.23. The van der Waals surface area contributed by atoms with Gasteiger partial charge in [0, 0.05) is 18.2 Å². The van der Waals surface area contributed by atoms with Crippen LogP contribution < -0.4 is 5.32 Å². The number of carbonyl (C=O) groups excluding carboxylic acids is 1. The Balaban J connectivity index is 1.67. The van der Waals surface area contributed by atoms with Crippen LogP contribution in [0.15, 0.2) is 51.4 Å². The average molecular weight is 353 g/mol. The molecular formula is C20H23N3O3. The van der Waals surface area contributed by atoms with Gasteiger partial charge in [-0.1, -0.05) is 35.0 Å². The summed E-state index contributed by atoms with van der Waals surface area (Å²) in [6.07, 6.45) is 0. The van der Waals surface area contributed by atoms with Crippen molar-refractivity contribution >= 4 is 5.91 Å². The number of hydrogen-bond acceptors (Lipinski definition) is 5. The second-order valence-corrected chi connectivity index (χ2v) is 6.58. The summed E-state index contributed by atoms with van der Waals surface area (Å²) in [5.41, 5.74) is 2.31. The van der Waals surface area contributed by atoms with Gasteiger partial charge in [0.05, 0.1) is 6.04 Å². The summed E-state index contributed by atoms with van der Waals surface area (Å²) in [5, 5.41) is 6.79. The summed E-state index contributed by atoms with van der Waals surface area (Å²) < 4.78 is 11.0. The van der Waals surface area contributed by atoms with Crippen LogP contribution in [0.2, 0.25) is 0 Å². The molecule has 1 N–H and O–H groups in total. The van der Waals surface area contributed by atoms with Gasteiger partial charge in [0.25, 0.3) is 5.91 Å². The van der Waals surface area contributed by atoms with E-state index in [0.717, 1.165) is 22.6 Å². The quantitative estimate of drug-likeness (QED) is 0.733. The highest BCUT2D eigenvalue weighted by Gasteiger charge is 2.20. The fourth-order valence-electron chi connectivity index (χ4n) is 2.69. The zero-order chi connectivity index (χ0) is 18.7. The third kappa shape index (κ3) is 4.03. The minimum Gasteiger partial charge on any atom is -0.465 e. The van der Waals surface area contributed by atoms with E-state index in [9.17, 15) is 4.79 Å². The molecule has 0 aliphatic heterocycles. The van der Waals surface area contributed by atoms with E-state index in [1.165, 1.54) is 0 Å². The van der Waals surface area contributed by atoms with Crippen molar-refractivity contribution in [2.24, 2.45) is 0 Å². The van der Waals surface area contributed by atoms with E-state index in [-0.39, 0.29) is 17.6 Å².